The van der Waals surface area contributed by atoms with Gasteiger partial charge in [0.1, 0.15) is 0 Å². The van der Waals surface area contributed by atoms with Crippen LogP contribution in [-0.2, 0) is 6.42 Å². The minimum absolute atomic E-state index is 1.12. The summed E-state index contributed by atoms with van der Waals surface area (Å²) in [5.41, 5.74) is 27.1. The summed E-state index contributed by atoms with van der Waals surface area (Å²) in [6, 6.07) is 51.7. The number of aryl methyl sites for hydroxylation is 4. The van der Waals surface area contributed by atoms with Crippen molar-refractivity contribution in [1.29, 1.82) is 0 Å². The van der Waals surface area contributed by atoms with Crippen LogP contribution < -0.4 is 0 Å². The molecule has 0 atom stereocenters. The molecule has 0 aromatic heterocycles. The van der Waals surface area contributed by atoms with Crippen LogP contribution >= 0.6 is 0 Å². The second-order valence-electron chi connectivity index (χ2n) is 16.3. The molecule has 0 heteroatoms. The molecule has 260 valence electrons. The Morgan fingerprint density at radius 2 is 0.945 bits per heavy atom. The molecule has 0 nitrogen and oxygen atoms in total. The van der Waals surface area contributed by atoms with Crippen LogP contribution in [0.4, 0.5) is 0 Å². The fourth-order valence-corrected chi connectivity index (χ4v) is 10.7. The van der Waals surface area contributed by atoms with Crippen molar-refractivity contribution in [3.05, 3.63) is 156 Å². The molecule has 9 aromatic carbocycles. The lowest BCUT2D eigenvalue weighted by Gasteiger charge is -2.19. The van der Waals surface area contributed by atoms with E-state index in [0.717, 1.165) is 6.42 Å². The molecule has 3 aliphatic rings. The van der Waals surface area contributed by atoms with Crippen molar-refractivity contribution < 1.29 is 0 Å². The molecule has 0 aliphatic heterocycles. The van der Waals surface area contributed by atoms with Crippen molar-refractivity contribution in [2.24, 2.45) is 0 Å². The fraction of sp³-hybridized carbons (Fsp3) is 0.127. The number of hydrogen-bond donors (Lipinski definition) is 0. The van der Waals surface area contributed by atoms with Gasteiger partial charge in [-0.1, -0.05) is 123 Å². The summed E-state index contributed by atoms with van der Waals surface area (Å²) in [4.78, 5) is 0. The van der Waals surface area contributed by atoms with E-state index in [1.807, 2.05) is 0 Å². The Bertz CT molecular complexity index is 3200. The largest absolute Gasteiger partial charge is 0.0654 e. The molecule has 3 aliphatic carbocycles. The van der Waals surface area contributed by atoms with Gasteiger partial charge in [-0.2, -0.15) is 0 Å². The quantitative estimate of drug-likeness (QED) is 0.168. The molecule has 0 radical (unpaired) electrons. The first-order valence-electron chi connectivity index (χ1n) is 20.1. The normalized spacial score (nSPS) is 12.6. The highest BCUT2D eigenvalue weighted by molar-refractivity contribution is 6.24. The summed E-state index contributed by atoms with van der Waals surface area (Å²) in [5.74, 6) is 0. The molecule has 9 aromatic rings. The molecule has 0 amide bonds. The molecule has 0 saturated carbocycles. The molecule has 0 bridgehead atoms. The molecular weight excluding hydrogens is 661 g/mol. The number of unbranched alkanes of at least 4 members (excludes halogenated alkanes) is 1. The Labute approximate surface area is 322 Å². The Hall–Kier alpha value is -6.24. The van der Waals surface area contributed by atoms with Gasteiger partial charge in [0.05, 0.1) is 0 Å². The van der Waals surface area contributed by atoms with Crippen molar-refractivity contribution in [3.63, 3.8) is 0 Å². The zero-order valence-electron chi connectivity index (χ0n) is 31.8. The first-order valence-corrected chi connectivity index (χ1v) is 20.1. The maximum absolute atomic E-state index is 2.53. The lowest BCUT2D eigenvalue weighted by molar-refractivity contribution is 0.795. The SMILES string of the molecule is CCCCc1ccc2c(c1)-c1c(-c3cc4c5c(cc(-c6cc7c8c(cccc8c6C)-c6ccccc6-7)cc5c3C)-c3ccccc3-4)ccc3c(C)ccc-2c13. The molecule has 12 rings (SSSR count). The molecule has 0 saturated heterocycles. The van der Waals surface area contributed by atoms with Crippen LogP contribution in [0.5, 0.6) is 0 Å². The van der Waals surface area contributed by atoms with Crippen molar-refractivity contribution in [1.82, 2.24) is 0 Å². The Morgan fingerprint density at radius 1 is 0.364 bits per heavy atom. The Kier molecular flexibility index (Phi) is 6.32. The maximum Gasteiger partial charge on any atom is -0.00140 e. The predicted octanol–water partition coefficient (Wildman–Crippen LogP) is 15.7. The van der Waals surface area contributed by atoms with Crippen LogP contribution in [0, 0.1) is 20.8 Å². The molecule has 0 unspecified atom stereocenters. The fourth-order valence-electron chi connectivity index (χ4n) is 10.7. The van der Waals surface area contributed by atoms with Crippen molar-refractivity contribution in [2.75, 3.05) is 0 Å². The molecule has 55 heavy (non-hydrogen) atoms. The van der Waals surface area contributed by atoms with Gasteiger partial charge in [-0.05, 0) is 201 Å². The molecule has 0 spiro atoms. The van der Waals surface area contributed by atoms with E-state index in [2.05, 4.69) is 161 Å². The van der Waals surface area contributed by atoms with Crippen LogP contribution in [0.3, 0.4) is 0 Å². The average Bonchev–Trinajstić information content (AvgIpc) is 3.85. The van der Waals surface area contributed by atoms with E-state index >= 15 is 0 Å². The van der Waals surface area contributed by atoms with Crippen molar-refractivity contribution in [3.8, 4) is 89.0 Å². The zero-order valence-corrected chi connectivity index (χ0v) is 31.8. The monoisotopic (exact) mass is 700 g/mol. The van der Waals surface area contributed by atoms with E-state index in [4.69, 9.17) is 0 Å². The molecule has 0 fully saturated rings. The second kappa shape index (κ2) is 11.2. The third-order valence-corrected chi connectivity index (χ3v) is 13.4. The average molecular weight is 701 g/mol. The third kappa shape index (κ3) is 4.07. The predicted molar refractivity (Wildman–Crippen MR) is 236 cm³/mol. The topological polar surface area (TPSA) is 0 Å². The first-order chi connectivity index (χ1) is 27.0. The van der Waals surface area contributed by atoms with Crippen LogP contribution in [0.2, 0.25) is 0 Å². The highest BCUT2D eigenvalue weighted by atomic mass is 14.3. The van der Waals surface area contributed by atoms with E-state index in [1.54, 1.807) is 0 Å². The minimum atomic E-state index is 1.12. The summed E-state index contributed by atoms with van der Waals surface area (Å²) in [6.45, 7) is 9.26. The molecule has 0 N–H and O–H groups in total. The minimum Gasteiger partial charge on any atom is -0.0654 e. The van der Waals surface area contributed by atoms with Gasteiger partial charge >= 0.3 is 0 Å². The molecule has 0 heterocycles. The zero-order chi connectivity index (χ0) is 36.7. The van der Waals surface area contributed by atoms with E-state index < -0.39 is 0 Å². The van der Waals surface area contributed by atoms with Gasteiger partial charge in [0.25, 0.3) is 0 Å². The highest BCUT2D eigenvalue weighted by Crippen LogP contribution is 2.57. The highest BCUT2D eigenvalue weighted by Gasteiger charge is 2.30. The maximum atomic E-state index is 2.53. The number of rotatable bonds is 5. The van der Waals surface area contributed by atoms with Crippen LogP contribution in [0.15, 0.2) is 133 Å². The van der Waals surface area contributed by atoms with Gasteiger partial charge in [-0.15, -0.1) is 0 Å². The number of benzene rings is 9. The number of fused-ring (bicyclic) bond motifs is 9. The first kappa shape index (κ1) is 31.1. The summed E-state index contributed by atoms with van der Waals surface area (Å²) >= 11 is 0. The van der Waals surface area contributed by atoms with Gasteiger partial charge < -0.3 is 0 Å². The Balaban J connectivity index is 1.15. The number of hydrogen-bond acceptors (Lipinski definition) is 0. The van der Waals surface area contributed by atoms with Gasteiger partial charge in [-0.3, -0.25) is 0 Å². The van der Waals surface area contributed by atoms with Crippen LogP contribution in [0.25, 0.3) is 121 Å². The smallest absolute Gasteiger partial charge is 0.00140 e. The summed E-state index contributed by atoms with van der Waals surface area (Å²) in [5, 5.41) is 8.27. The standard InChI is InChI=1S/C55H40/c1-5-6-12-33-20-22-41-43-21-19-30(2)35-23-24-44(55(54(35)43)48(41)25-33)46-29-51-40-16-10-9-15-39(40)49-27-34(26-47(32(46)4)53(49)51)45-28-50-38-14-8-7-13-37(38)42-18-11-17-36(31(45)3)52(42)50/h7-11,13-29H,5-6,12H2,1-4H3. The third-order valence-electron chi connectivity index (χ3n) is 13.4. The van der Waals surface area contributed by atoms with E-state index in [9.17, 15) is 0 Å². The Morgan fingerprint density at radius 3 is 1.69 bits per heavy atom. The lowest BCUT2D eigenvalue weighted by Crippen LogP contribution is -1.94. The lowest BCUT2D eigenvalue weighted by atomic mass is 9.84. The second-order valence-corrected chi connectivity index (χ2v) is 16.3. The van der Waals surface area contributed by atoms with Gasteiger partial charge in [0, 0.05) is 0 Å². The van der Waals surface area contributed by atoms with Gasteiger partial charge in [0.2, 0.25) is 0 Å². The van der Waals surface area contributed by atoms with Gasteiger partial charge in [-0.25, -0.2) is 0 Å². The van der Waals surface area contributed by atoms with E-state index in [-0.39, 0.29) is 0 Å². The summed E-state index contributed by atoms with van der Waals surface area (Å²) in [7, 11) is 0. The van der Waals surface area contributed by atoms with Gasteiger partial charge in [0.15, 0.2) is 0 Å². The van der Waals surface area contributed by atoms with Crippen LogP contribution in [0.1, 0.15) is 42.0 Å². The summed E-state index contributed by atoms with van der Waals surface area (Å²) in [6.07, 6.45) is 3.54. The van der Waals surface area contributed by atoms with E-state index in [0.29, 0.717) is 0 Å². The van der Waals surface area contributed by atoms with E-state index in [1.165, 1.54) is 156 Å². The van der Waals surface area contributed by atoms with Crippen molar-refractivity contribution in [2.45, 2.75) is 47.0 Å². The summed E-state index contributed by atoms with van der Waals surface area (Å²) < 4.78 is 0. The van der Waals surface area contributed by atoms with Crippen molar-refractivity contribution >= 4 is 32.3 Å². The molecular formula is C55H40. The van der Waals surface area contributed by atoms with Crippen LogP contribution in [-0.4, -0.2) is 0 Å².